The Kier molecular flexibility index (Phi) is 8.04. The first kappa shape index (κ1) is 24.9. The summed E-state index contributed by atoms with van der Waals surface area (Å²) in [4.78, 5) is 29.2. The number of methoxy groups -OCH3 is 1. The molecule has 172 valence electrons. The number of esters is 1. The van der Waals surface area contributed by atoms with Crippen molar-refractivity contribution >= 4 is 84.8 Å². The molecule has 0 atom stereocenters. The Morgan fingerprint density at radius 2 is 1.85 bits per heavy atom. The fourth-order valence-electron chi connectivity index (χ4n) is 3.13. The fourth-order valence-corrected chi connectivity index (χ4v) is 4.62. The van der Waals surface area contributed by atoms with Crippen LogP contribution in [-0.4, -0.2) is 31.4 Å². The molecule has 1 heterocycles. The maximum atomic E-state index is 12.4. The molecule has 0 amide bonds. The van der Waals surface area contributed by atoms with Crippen molar-refractivity contribution in [2.45, 2.75) is 0 Å². The minimum atomic E-state index is -0.535. The first-order chi connectivity index (χ1) is 16.4. The van der Waals surface area contributed by atoms with Gasteiger partial charge in [0.15, 0.2) is 29.6 Å². The number of ether oxygens (including phenoxy) is 3. The van der Waals surface area contributed by atoms with Crippen LogP contribution in [0.2, 0.25) is 0 Å². The largest absolute Gasteiger partial charge is 0.493 e. The van der Waals surface area contributed by atoms with Crippen LogP contribution in [0.15, 0.2) is 75.8 Å². The summed E-state index contributed by atoms with van der Waals surface area (Å²) >= 11 is 7.79. The van der Waals surface area contributed by atoms with Crippen LogP contribution in [0.4, 0.5) is 0 Å². The van der Waals surface area contributed by atoms with Gasteiger partial charge in [-0.2, -0.15) is 0 Å². The van der Waals surface area contributed by atoms with E-state index in [4.69, 9.17) is 14.2 Å². The lowest BCUT2D eigenvalue weighted by Crippen LogP contribution is -2.12. The molecule has 0 saturated carbocycles. The number of Topliss-reactive ketones (excluding diaryl/α,β-unsaturated/α-hetero) is 1. The second-order valence-electron chi connectivity index (χ2n) is 7.08. The monoisotopic (exact) mass is 743 g/mol. The van der Waals surface area contributed by atoms with E-state index >= 15 is 0 Å². The minimum absolute atomic E-state index is 0.123. The van der Waals surface area contributed by atoms with Gasteiger partial charge in [-0.3, -0.25) is 4.79 Å². The van der Waals surface area contributed by atoms with Gasteiger partial charge in [-0.05, 0) is 103 Å². The van der Waals surface area contributed by atoms with Crippen LogP contribution in [0.25, 0.3) is 6.08 Å². The molecule has 0 aromatic heterocycles. The molecule has 0 saturated heterocycles. The van der Waals surface area contributed by atoms with Gasteiger partial charge in [0, 0.05) is 19.2 Å². The summed E-state index contributed by atoms with van der Waals surface area (Å²) < 4.78 is 19.3. The molecule has 3 aromatic rings. The third-order valence-electron chi connectivity index (χ3n) is 4.79. The number of hydrogen-bond donors (Lipinski definition) is 0. The molecule has 0 aliphatic carbocycles. The number of cyclic esters (lactones) is 1. The molecule has 6 nitrogen and oxygen atoms in total. The molecule has 0 unspecified atom stereocenters. The van der Waals surface area contributed by atoms with Gasteiger partial charge in [-0.15, -0.1) is 0 Å². The average Bonchev–Trinajstić information content (AvgIpc) is 3.20. The van der Waals surface area contributed by atoms with Crippen LogP contribution in [0.5, 0.6) is 11.5 Å². The lowest BCUT2D eigenvalue weighted by atomic mass is 10.1. The molecule has 0 fully saturated rings. The molecule has 3 aromatic carbocycles. The number of carbonyl (C=O) groups is 2. The van der Waals surface area contributed by atoms with Crippen molar-refractivity contribution in [3.63, 3.8) is 0 Å². The Hall–Kier alpha value is -2.25. The molecule has 0 bridgehead atoms. The number of aliphatic imine (C=N–C) groups is 1. The van der Waals surface area contributed by atoms with Crippen molar-refractivity contribution in [2.24, 2.45) is 4.99 Å². The van der Waals surface area contributed by atoms with E-state index < -0.39 is 5.97 Å². The summed E-state index contributed by atoms with van der Waals surface area (Å²) in [6.07, 6.45) is 1.63. The Bertz CT molecular complexity index is 1340. The van der Waals surface area contributed by atoms with Gasteiger partial charge in [0.25, 0.3) is 0 Å². The van der Waals surface area contributed by atoms with E-state index in [0.717, 1.165) is 11.6 Å². The average molecular weight is 744 g/mol. The molecule has 4 rings (SSSR count). The number of benzene rings is 3. The molecule has 1 aliphatic heterocycles. The maximum Gasteiger partial charge on any atom is 0.363 e. The predicted molar refractivity (Wildman–Crippen MR) is 149 cm³/mol. The number of halogens is 3. The molecular weight excluding hydrogens is 728 g/mol. The summed E-state index contributed by atoms with van der Waals surface area (Å²) in [5.41, 5.74) is 2.13. The van der Waals surface area contributed by atoms with Gasteiger partial charge < -0.3 is 14.2 Å². The molecule has 0 spiro atoms. The van der Waals surface area contributed by atoms with Crippen molar-refractivity contribution < 1.29 is 23.8 Å². The van der Waals surface area contributed by atoms with Crippen LogP contribution in [0, 0.1) is 7.14 Å². The van der Waals surface area contributed by atoms with Crippen LogP contribution in [0.3, 0.4) is 0 Å². The smallest absolute Gasteiger partial charge is 0.363 e. The lowest BCUT2D eigenvalue weighted by Gasteiger charge is -2.13. The van der Waals surface area contributed by atoms with Gasteiger partial charge in [0.1, 0.15) is 0 Å². The third kappa shape index (κ3) is 5.69. The zero-order valence-corrected chi connectivity index (χ0v) is 23.6. The zero-order chi connectivity index (χ0) is 24.2. The Morgan fingerprint density at radius 1 is 1.09 bits per heavy atom. The van der Waals surface area contributed by atoms with Crippen LogP contribution < -0.4 is 9.47 Å². The van der Waals surface area contributed by atoms with Gasteiger partial charge in [-0.25, -0.2) is 9.79 Å². The SMILES string of the molecule is COc1cc(/C=C2\N=C(c3ccc(I)c(Br)c3)OC2=O)cc(I)c1OCC(=O)c1ccccc1. The quantitative estimate of drug-likeness (QED) is 0.124. The summed E-state index contributed by atoms with van der Waals surface area (Å²) in [7, 11) is 1.52. The highest BCUT2D eigenvalue weighted by atomic mass is 127. The zero-order valence-electron chi connectivity index (χ0n) is 17.7. The summed E-state index contributed by atoms with van der Waals surface area (Å²) in [5.74, 6) is 0.470. The molecule has 0 radical (unpaired) electrons. The molecule has 0 N–H and O–H groups in total. The van der Waals surface area contributed by atoms with Gasteiger partial charge in [-0.1, -0.05) is 30.3 Å². The summed E-state index contributed by atoms with van der Waals surface area (Å²) in [6, 6.07) is 18.1. The molecule has 34 heavy (non-hydrogen) atoms. The van der Waals surface area contributed by atoms with Crippen LogP contribution in [-0.2, 0) is 9.53 Å². The predicted octanol–water partition coefficient (Wildman–Crippen LogP) is 6.27. The number of carbonyl (C=O) groups excluding carboxylic acids is 2. The van der Waals surface area contributed by atoms with Gasteiger partial charge in [0.2, 0.25) is 5.90 Å². The third-order valence-corrected chi connectivity index (χ3v) is 7.92. The Labute approximate surface area is 231 Å². The lowest BCUT2D eigenvalue weighted by molar-refractivity contribution is -0.129. The Morgan fingerprint density at radius 3 is 2.56 bits per heavy atom. The number of nitrogens with zero attached hydrogens (tertiary/aromatic N) is 1. The van der Waals surface area contributed by atoms with E-state index in [1.165, 1.54) is 7.11 Å². The Balaban J connectivity index is 1.57. The van der Waals surface area contributed by atoms with E-state index in [1.54, 1.807) is 36.4 Å². The second-order valence-corrected chi connectivity index (χ2v) is 10.3. The number of hydrogen-bond acceptors (Lipinski definition) is 6. The standard InChI is InChI=1S/C25H16BrI2NO5/c1-32-22-11-14(9-19(28)23(22)33-13-21(30)15-5-3-2-4-6-15)10-20-25(31)34-24(29-20)16-7-8-18(27)17(26)12-16/h2-12H,13H2,1H3/b20-10-. The maximum absolute atomic E-state index is 12.4. The van der Waals surface area contributed by atoms with E-state index in [0.29, 0.717) is 28.2 Å². The van der Waals surface area contributed by atoms with E-state index in [9.17, 15) is 9.59 Å². The molecule has 1 aliphatic rings. The highest BCUT2D eigenvalue weighted by molar-refractivity contribution is 14.1. The fraction of sp³-hybridized carbons (Fsp3) is 0.0800. The van der Waals surface area contributed by atoms with Crippen LogP contribution >= 0.6 is 61.1 Å². The van der Waals surface area contributed by atoms with Crippen molar-refractivity contribution in [3.05, 3.63) is 94.7 Å². The van der Waals surface area contributed by atoms with Crippen molar-refractivity contribution in [1.29, 1.82) is 0 Å². The number of ketones is 1. The minimum Gasteiger partial charge on any atom is -0.493 e. The van der Waals surface area contributed by atoms with E-state index in [2.05, 4.69) is 66.1 Å². The highest BCUT2D eigenvalue weighted by Gasteiger charge is 2.25. The van der Waals surface area contributed by atoms with Crippen molar-refractivity contribution in [3.8, 4) is 11.5 Å². The first-order valence-electron chi connectivity index (χ1n) is 9.92. The second kappa shape index (κ2) is 11.0. The van der Waals surface area contributed by atoms with Gasteiger partial charge in [0.05, 0.1) is 10.7 Å². The molecule has 9 heteroatoms. The summed E-state index contributed by atoms with van der Waals surface area (Å²) in [6.45, 7) is -0.123. The normalized spacial score (nSPS) is 14.1. The summed E-state index contributed by atoms with van der Waals surface area (Å²) in [5, 5.41) is 0. The van der Waals surface area contributed by atoms with E-state index in [1.807, 2.05) is 30.3 Å². The topological polar surface area (TPSA) is 74.2 Å². The van der Waals surface area contributed by atoms with Gasteiger partial charge >= 0.3 is 5.97 Å². The van der Waals surface area contributed by atoms with Crippen molar-refractivity contribution in [2.75, 3.05) is 13.7 Å². The molecular formula is C25H16BrI2NO5. The first-order valence-corrected chi connectivity index (χ1v) is 12.9. The van der Waals surface area contributed by atoms with E-state index in [-0.39, 0.29) is 24.0 Å². The van der Waals surface area contributed by atoms with Crippen molar-refractivity contribution in [1.82, 2.24) is 0 Å². The highest BCUT2D eigenvalue weighted by Crippen LogP contribution is 2.35. The van der Waals surface area contributed by atoms with Crippen LogP contribution in [0.1, 0.15) is 21.5 Å². The number of rotatable bonds is 7.